The summed E-state index contributed by atoms with van der Waals surface area (Å²) in [5.74, 6) is -6.06. The van der Waals surface area contributed by atoms with Crippen molar-refractivity contribution in [3.63, 3.8) is 0 Å². The van der Waals surface area contributed by atoms with Gasteiger partial charge in [0.15, 0.2) is 5.69 Å². The molecular formula is C23H29F3N4O4. The smallest absolute Gasteiger partial charge is 0.322 e. The second-order valence-corrected chi connectivity index (χ2v) is 9.85. The van der Waals surface area contributed by atoms with Crippen molar-refractivity contribution < 1.29 is 32.7 Å². The molecular weight excluding hydrogens is 453 g/mol. The number of hydrogen-bond donors (Lipinski definition) is 3. The van der Waals surface area contributed by atoms with Gasteiger partial charge in [-0.25, -0.2) is 13.2 Å². The molecule has 1 atom stereocenters. The number of carbonyl (C=O) groups is 3. The van der Waals surface area contributed by atoms with Gasteiger partial charge in [-0.1, -0.05) is 32.9 Å². The number of carboxylic acid groups (broad SMARTS) is 1. The fourth-order valence-electron chi connectivity index (χ4n) is 4.16. The van der Waals surface area contributed by atoms with Crippen LogP contribution in [0.25, 0.3) is 10.9 Å². The molecule has 34 heavy (non-hydrogen) atoms. The largest absolute Gasteiger partial charge is 0.480 e. The molecule has 0 radical (unpaired) electrons. The van der Waals surface area contributed by atoms with Crippen LogP contribution >= 0.6 is 0 Å². The van der Waals surface area contributed by atoms with E-state index < -0.39 is 47.5 Å². The zero-order chi connectivity index (χ0) is 25.3. The molecule has 1 saturated carbocycles. The van der Waals surface area contributed by atoms with Crippen LogP contribution < -0.4 is 10.6 Å². The van der Waals surface area contributed by atoms with Gasteiger partial charge in [0.25, 0.3) is 5.91 Å². The van der Waals surface area contributed by atoms with Gasteiger partial charge in [-0.3, -0.25) is 19.1 Å². The number of hydrogen-bond acceptors (Lipinski definition) is 4. The molecule has 11 heteroatoms. The zero-order valence-corrected chi connectivity index (χ0v) is 19.3. The third-order valence-electron chi connectivity index (χ3n) is 6.02. The van der Waals surface area contributed by atoms with Gasteiger partial charge < -0.3 is 15.7 Å². The number of para-hydroxylation sites is 1. The van der Waals surface area contributed by atoms with E-state index in [9.17, 15) is 27.6 Å². The molecule has 1 aromatic carbocycles. The van der Waals surface area contributed by atoms with E-state index in [1.54, 1.807) is 20.8 Å². The first-order valence-corrected chi connectivity index (χ1v) is 11.1. The summed E-state index contributed by atoms with van der Waals surface area (Å²) in [6, 6.07) is 3.10. The predicted octanol–water partition coefficient (Wildman–Crippen LogP) is 3.35. The summed E-state index contributed by atoms with van der Waals surface area (Å²) in [7, 11) is 0. The molecule has 3 N–H and O–H groups in total. The molecule has 3 rings (SSSR count). The lowest BCUT2D eigenvalue weighted by Crippen LogP contribution is -2.54. The molecule has 1 aliphatic rings. The summed E-state index contributed by atoms with van der Waals surface area (Å²) in [4.78, 5) is 36.5. The number of fused-ring (bicyclic) bond motifs is 1. The number of aromatic nitrogens is 2. The first kappa shape index (κ1) is 25.5. The van der Waals surface area contributed by atoms with E-state index in [1.807, 2.05) is 0 Å². The first-order chi connectivity index (χ1) is 15.8. The van der Waals surface area contributed by atoms with Crippen molar-refractivity contribution >= 4 is 28.7 Å². The topological polar surface area (TPSA) is 113 Å². The van der Waals surface area contributed by atoms with Crippen LogP contribution in [0.5, 0.6) is 0 Å². The highest BCUT2D eigenvalue weighted by Gasteiger charge is 2.36. The highest BCUT2D eigenvalue weighted by Crippen LogP contribution is 2.37. The number of nitrogens with zero attached hydrogens (tertiary/aromatic N) is 2. The predicted molar refractivity (Wildman–Crippen MR) is 118 cm³/mol. The van der Waals surface area contributed by atoms with Crippen molar-refractivity contribution in [2.24, 2.45) is 11.3 Å². The molecule has 1 heterocycles. The highest BCUT2D eigenvalue weighted by molar-refractivity contribution is 6.06. The summed E-state index contributed by atoms with van der Waals surface area (Å²) in [6.07, 6.45) is 0.0389. The number of carbonyl (C=O) groups excluding carboxylic acids is 2. The van der Waals surface area contributed by atoms with E-state index >= 15 is 0 Å². The number of benzene rings is 1. The SMILES string of the molecule is CC(C)(C)[C@H](NC(=O)c1nn(CC2CCC(F)(F)CC2)c2c(F)cccc12)C(=O)NCC(=O)O. The summed E-state index contributed by atoms with van der Waals surface area (Å²) >= 11 is 0. The summed E-state index contributed by atoms with van der Waals surface area (Å²) in [6.45, 7) is 4.68. The average Bonchev–Trinajstić information content (AvgIpc) is 3.10. The molecule has 1 aliphatic carbocycles. The average molecular weight is 483 g/mol. The lowest BCUT2D eigenvalue weighted by atomic mass is 9.86. The number of aliphatic carboxylic acids is 1. The molecule has 0 spiro atoms. The Morgan fingerprint density at radius 1 is 1.24 bits per heavy atom. The van der Waals surface area contributed by atoms with Crippen molar-refractivity contribution in [2.45, 2.75) is 65.0 Å². The Kier molecular flexibility index (Phi) is 7.23. The van der Waals surface area contributed by atoms with Crippen LogP contribution in [0.15, 0.2) is 18.2 Å². The molecule has 8 nitrogen and oxygen atoms in total. The van der Waals surface area contributed by atoms with Crippen molar-refractivity contribution in [3.8, 4) is 0 Å². The van der Waals surface area contributed by atoms with Gasteiger partial charge in [0.2, 0.25) is 11.8 Å². The van der Waals surface area contributed by atoms with Gasteiger partial charge in [-0.05, 0) is 30.2 Å². The first-order valence-electron chi connectivity index (χ1n) is 11.1. The van der Waals surface area contributed by atoms with Crippen LogP contribution in [0, 0.1) is 17.2 Å². The van der Waals surface area contributed by atoms with Crippen LogP contribution in [-0.4, -0.2) is 51.2 Å². The van der Waals surface area contributed by atoms with Crippen LogP contribution in [0.1, 0.15) is 56.9 Å². The Hall–Kier alpha value is -3.11. The van der Waals surface area contributed by atoms with Gasteiger partial charge >= 0.3 is 5.97 Å². The molecule has 0 saturated heterocycles. The molecule has 0 unspecified atom stereocenters. The van der Waals surface area contributed by atoms with Gasteiger partial charge in [0, 0.05) is 24.8 Å². The Balaban J connectivity index is 1.88. The lowest BCUT2D eigenvalue weighted by molar-refractivity contribution is -0.138. The fourth-order valence-corrected chi connectivity index (χ4v) is 4.16. The Bertz CT molecular complexity index is 1080. The van der Waals surface area contributed by atoms with E-state index in [1.165, 1.54) is 22.9 Å². The number of nitrogens with one attached hydrogen (secondary N) is 2. The van der Waals surface area contributed by atoms with Crippen LogP contribution in [0.4, 0.5) is 13.2 Å². The maximum atomic E-state index is 14.7. The Labute approximate surface area is 194 Å². The molecule has 2 aromatic rings. The van der Waals surface area contributed by atoms with Crippen molar-refractivity contribution in [2.75, 3.05) is 6.54 Å². The van der Waals surface area contributed by atoms with E-state index in [0.717, 1.165) is 0 Å². The minimum atomic E-state index is -2.69. The van der Waals surface area contributed by atoms with Crippen LogP contribution in [-0.2, 0) is 16.1 Å². The zero-order valence-electron chi connectivity index (χ0n) is 19.3. The molecule has 1 fully saturated rings. The lowest BCUT2D eigenvalue weighted by Gasteiger charge is -2.30. The normalized spacial score (nSPS) is 17.4. The second-order valence-electron chi connectivity index (χ2n) is 9.85. The minimum absolute atomic E-state index is 0.0904. The maximum Gasteiger partial charge on any atom is 0.322 e. The maximum absolute atomic E-state index is 14.7. The van der Waals surface area contributed by atoms with Gasteiger partial charge in [-0.15, -0.1) is 0 Å². The third kappa shape index (κ3) is 5.87. The summed E-state index contributed by atoms with van der Waals surface area (Å²) in [5, 5.41) is 18.2. The minimum Gasteiger partial charge on any atom is -0.480 e. The number of rotatable bonds is 7. The summed E-state index contributed by atoms with van der Waals surface area (Å²) in [5.41, 5.74) is -0.779. The Morgan fingerprint density at radius 3 is 2.47 bits per heavy atom. The van der Waals surface area contributed by atoms with Crippen LogP contribution in [0.3, 0.4) is 0 Å². The van der Waals surface area contributed by atoms with E-state index in [0.29, 0.717) is 0 Å². The summed E-state index contributed by atoms with van der Waals surface area (Å²) < 4.78 is 43.1. The molecule has 0 aliphatic heterocycles. The van der Waals surface area contributed by atoms with Gasteiger partial charge in [-0.2, -0.15) is 5.10 Å². The molecule has 2 amide bonds. The van der Waals surface area contributed by atoms with E-state index in [-0.39, 0.29) is 54.7 Å². The van der Waals surface area contributed by atoms with Crippen molar-refractivity contribution in [1.29, 1.82) is 0 Å². The monoisotopic (exact) mass is 482 g/mol. The third-order valence-corrected chi connectivity index (χ3v) is 6.02. The number of carboxylic acids is 1. The number of halogens is 3. The van der Waals surface area contributed by atoms with Crippen LogP contribution in [0.2, 0.25) is 0 Å². The molecule has 1 aromatic heterocycles. The number of alkyl halides is 2. The van der Waals surface area contributed by atoms with E-state index in [4.69, 9.17) is 5.11 Å². The fraction of sp³-hybridized carbons (Fsp3) is 0.565. The van der Waals surface area contributed by atoms with Gasteiger partial charge in [0.1, 0.15) is 23.9 Å². The molecule has 0 bridgehead atoms. The Morgan fingerprint density at radius 2 is 1.88 bits per heavy atom. The van der Waals surface area contributed by atoms with Gasteiger partial charge in [0.05, 0.1) is 0 Å². The highest BCUT2D eigenvalue weighted by atomic mass is 19.3. The standard InChI is InChI=1S/C23H29F3N4O4/c1-22(2,3)19(21(34)27-11-16(31)32)28-20(33)17-14-5-4-6-15(24)18(14)30(29-17)12-13-7-9-23(25,26)10-8-13/h4-6,13,19H,7-12H2,1-3H3,(H,27,34)(H,28,33)(H,31,32)/t19-/m1/s1. The number of amides is 2. The van der Waals surface area contributed by atoms with Crippen molar-refractivity contribution in [3.05, 3.63) is 29.7 Å². The van der Waals surface area contributed by atoms with Crippen molar-refractivity contribution in [1.82, 2.24) is 20.4 Å². The molecule has 186 valence electrons. The van der Waals surface area contributed by atoms with E-state index in [2.05, 4.69) is 15.7 Å². The quantitative estimate of drug-likeness (QED) is 0.560. The second kappa shape index (κ2) is 9.63.